The first-order chi connectivity index (χ1) is 14.9. The zero-order chi connectivity index (χ0) is 22.0. The highest BCUT2D eigenvalue weighted by Crippen LogP contribution is 2.33. The molecule has 3 aromatic rings. The van der Waals surface area contributed by atoms with Gasteiger partial charge in [0.15, 0.2) is 0 Å². The molecule has 6 nitrogen and oxygen atoms in total. The van der Waals surface area contributed by atoms with Crippen LogP contribution in [0.1, 0.15) is 5.76 Å². The van der Waals surface area contributed by atoms with Gasteiger partial charge < -0.3 is 9.73 Å². The first-order valence-electron chi connectivity index (χ1n) is 9.06. The fraction of sp³-hybridized carbons (Fsp3) is 0.0455. The Kier molecular flexibility index (Phi) is 6.06. The Morgan fingerprint density at radius 1 is 1.10 bits per heavy atom. The van der Waals surface area contributed by atoms with Gasteiger partial charge in [0.1, 0.15) is 23.9 Å². The van der Waals surface area contributed by atoms with E-state index in [2.05, 4.69) is 21.2 Å². The van der Waals surface area contributed by atoms with Crippen LogP contribution in [0.3, 0.4) is 0 Å². The average molecular weight is 501 g/mol. The summed E-state index contributed by atoms with van der Waals surface area (Å²) in [4.78, 5) is 38.2. The number of carbonyl (C=O) groups is 3. The molecule has 0 spiro atoms. The zero-order valence-corrected chi connectivity index (χ0v) is 18.2. The molecule has 31 heavy (non-hydrogen) atoms. The van der Waals surface area contributed by atoms with Crippen molar-refractivity contribution < 1.29 is 23.2 Å². The average Bonchev–Trinajstić information content (AvgIpc) is 3.31. The Hall–Kier alpha value is -3.17. The van der Waals surface area contributed by atoms with E-state index in [1.54, 1.807) is 48.5 Å². The Morgan fingerprint density at radius 2 is 1.84 bits per heavy atom. The van der Waals surface area contributed by atoms with E-state index in [9.17, 15) is 18.8 Å². The topological polar surface area (TPSA) is 79.6 Å². The van der Waals surface area contributed by atoms with Crippen LogP contribution in [0.15, 0.2) is 74.5 Å². The lowest BCUT2D eigenvalue weighted by molar-refractivity contribution is -0.127. The highest BCUT2D eigenvalue weighted by Gasteiger charge is 2.36. The molecule has 0 saturated carbocycles. The molecule has 156 valence electrons. The normalized spacial score (nSPS) is 15.0. The zero-order valence-electron chi connectivity index (χ0n) is 15.8. The van der Waals surface area contributed by atoms with Crippen LogP contribution in [-0.4, -0.2) is 28.5 Å². The van der Waals surface area contributed by atoms with E-state index in [4.69, 9.17) is 4.42 Å². The summed E-state index contributed by atoms with van der Waals surface area (Å²) in [5, 5.41) is 2.12. The van der Waals surface area contributed by atoms with Crippen LogP contribution < -0.4 is 5.32 Å². The van der Waals surface area contributed by atoms with Crippen molar-refractivity contribution in [2.75, 3.05) is 11.9 Å². The lowest BCUT2D eigenvalue weighted by atomic mass is 10.2. The van der Waals surface area contributed by atoms with E-state index in [1.807, 2.05) is 0 Å². The summed E-state index contributed by atoms with van der Waals surface area (Å²) < 4.78 is 19.5. The number of hydrogen-bond acceptors (Lipinski definition) is 5. The van der Waals surface area contributed by atoms with Crippen molar-refractivity contribution in [3.63, 3.8) is 0 Å². The lowest BCUT2D eigenvalue weighted by Gasteiger charge is -2.13. The van der Waals surface area contributed by atoms with E-state index < -0.39 is 23.6 Å². The summed E-state index contributed by atoms with van der Waals surface area (Å²) in [7, 11) is 0. The van der Waals surface area contributed by atoms with E-state index >= 15 is 0 Å². The van der Waals surface area contributed by atoms with Crippen LogP contribution in [0, 0.1) is 5.82 Å². The number of nitrogens with zero attached hydrogens (tertiary/aromatic N) is 1. The minimum absolute atomic E-state index is 0.152. The first-order valence-corrected chi connectivity index (χ1v) is 10.7. The van der Waals surface area contributed by atoms with Gasteiger partial charge in [0.2, 0.25) is 5.91 Å². The third-order valence-electron chi connectivity index (χ3n) is 4.35. The molecule has 0 unspecified atom stereocenters. The molecule has 9 heteroatoms. The van der Waals surface area contributed by atoms with Crippen LogP contribution in [0.4, 0.5) is 14.9 Å². The Bertz CT molecular complexity index is 1210. The number of thioether (sulfide) groups is 1. The number of hydrogen-bond donors (Lipinski definition) is 1. The van der Waals surface area contributed by atoms with Gasteiger partial charge in [-0.3, -0.25) is 19.3 Å². The smallest absolute Gasteiger partial charge is 0.294 e. The summed E-state index contributed by atoms with van der Waals surface area (Å²) in [6, 6.07) is 16.2. The molecule has 0 atom stereocenters. The molecule has 2 heterocycles. The summed E-state index contributed by atoms with van der Waals surface area (Å²) in [6.07, 6.45) is 1.45. The predicted molar refractivity (Wildman–Crippen MR) is 120 cm³/mol. The van der Waals surface area contributed by atoms with Gasteiger partial charge >= 0.3 is 0 Å². The highest BCUT2D eigenvalue weighted by molar-refractivity contribution is 9.10. The Balaban J connectivity index is 1.45. The minimum Gasteiger partial charge on any atom is -0.457 e. The van der Waals surface area contributed by atoms with Crippen LogP contribution in [0.2, 0.25) is 0 Å². The fourth-order valence-electron chi connectivity index (χ4n) is 2.86. The van der Waals surface area contributed by atoms with Crippen LogP contribution >= 0.6 is 27.7 Å². The van der Waals surface area contributed by atoms with Gasteiger partial charge in [0, 0.05) is 16.1 Å². The van der Waals surface area contributed by atoms with Crippen molar-refractivity contribution in [2.24, 2.45) is 0 Å². The summed E-state index contributed by atoms with van der Waals surface area (Å²) in [5.74, 6) is -0.558. The van der Waals surface area contributed by atoms with Gasteiger partial charge in [-0.05, 0) is 76.2 Å². The second kappa shape index (κ2) is 8.91. The number of anilines is 1. The number of halogens is 2. The van der Waals surface area contributed by atoms with Crippen molar-refractivity contribution in [1.82, 2.24) is 4.90 Å². The molecule has 1 saturated heterocycles. The molecule has 2 aromatic carbocycles. The molecule has 0 bridgehead atoms. The van der Waals surface area contributed by atoms with E-state index in [0.717, 1.165) is 16.7 Å². The third kappa shape index (κ3) is 4.78. The minimum atomic E-state index is -0.572. The summed E-state index contributed by atoms with van der Waals surface area (Å²) in [5.41, 5.74) is 1.22. The second-order valence-corrected chi connectivity index (χ2v) is 8.35. The molecule has 3 amide bonds. The number of para-hydroxylation sites is 1. The van der Waals surface area contributed by atoms with Gasteiger partial charge in [-0.25, -0.2) is 4.39 Å². The quantitative estimate of drug-likeness (QED) is 0.466. The van der Waals surface area contributed by atoms with Crippen LogP contribution in [0.5, 0.6) is 0 Å². The second-order valence-electron chi connectivity index (χ2n) is 6.50. The number of carbonyl (C=O) groups excluding carboxylic acids is 3. The largest absolute Gasteiger partial charge is 0.457 e. The maximum Gasteiger partial charge on any atom is 0.294 e. The molecule has 1 aromatic heterocycles. The fourth-order valence-corrected chi connectivity index (χ4v) is 4.06. The van der Waals surface area contributed by atoms with Crippen molar-refractivity contribution >= 4 is 56.5 Å². The molecule has 1 N–H and O–H groups in total. The molecular formula is C22H14BrFN2O4S. The van der Waals surface area contributed by atoms with Crippen molar-refractivity contribution in [2.45, 2.75) is 0 Å². The number of rotatable bonds is 5. The number of benzene rings is 2. The third-order valence-corrected chi connectivity index (χ3v) is 5.95. The maximum atomic E-state index is 13.1. The van der Waals surface area contributed by atoms with Crippen LogP contribution in [-0.2, 0) is 9.59 Å². The summed E-state index contributed by atoms with van der Waals surface area (Å²) in [6.45, 7) is -0.400. The standard InChI is InChI=1S/C22H14BrFN2O4S/c23-16-3-1-2-4-17(16)25-20(27)12-26-21(28)19(31-22(26)29)11-15-9-10-18(30-15)13-5-7-14(24)8-6-13/h1-11H,12H2,(H,25,27)/b19-11-. The number of nitrogens with one attached hydrogen (secondary N) is 1. The molecular weight excluding hydrogens is 487 g/mol. The van der Waals surface area contributed by atoms with Crippen molar-refractivity contribution in [3.05, 3.63) is 81.6 Å². The van der Waals surface area contributed by atoms with E-state index in [-0.39, 0.29) is 10.7 Å². The molecule has 4 rings (SSSR count). The monoisotopic (exact) mass is 500 g/mol. The van der Waals surface area contributed by atoms with Crippen molar-refractivity contribution in [3.8, 4) is 11.3 Å². The molecule has 0 radical (unpaired) electrons. The maximum absolute atomic E-state index is 13.1. The number of amides is 3. The van der Waals surface area contributed by atoms with Gasteiger partial charge in [0.25, 0.3) is 11.1 Å². The predicted octanol–water partition coefficient (Wildman–Crippen LogP) is 5.52. The highest BCUT2D eigenvalue weighted by atomic mass is 79.9. The molecule has 1 aliphatic rings. The van der Waals surface area contributed by atoms with Crippen LogP contribution in [0.25, 0.3) is 17.4 Å². The lowest BCUT2D eigenvalue weighted by Crippen LogP contribution is -2.36. The first kappa shape index (κ1) is 21.1. The van der Waals surface area contributed by atoms with Gasteiger partial charge in [0.05, 0.1) is 10.6 Å². The molecule has 1 aliphatic heterocycles. The summed E-state index contributed by atoms with van der Waals surface area (Å²) >= 11 is 4.06. The van der Waals surface area contributed by atoms with Crippen molar-refractivity contribution in [1.29, 1.82) is 0 Å². The molecule has 0 aliphatic carbocycles. The van der Waals surface area contributed by atoms with Gasteiger partial charge in [-0.1, -0.05) is 12.1 Å². The molecule has 1 fully saturated rings. The van der Waals surface area contributed by atoms with E-state index in [1.165, 1.54) is 18.2 Å². The van der Waals surface area contributed by atoms with Gasteiger partial charge in [-0.2, -0.15) is 0 Å². The number of imide groups is 1. The van der Waals surface area contributed by atoms with E-state index in [0.29, 0.717) is 27.2 Å². The number of furan rings is 1. The SMILES string of the molecule is O=C(CN1C(=O)S/C(=C\c2ccc(-c3ccc(F)cc3)o2)C1=O)Nc1ccccc1Br. The Labute approximate surface area is 189 Å². The Morgan fingerprint density at radius 3 is 2.58 bits per heavy atom. The van der Waals surface area contributed by atoms with Gasteiger partial charge in [-0.15, -0.1) is 0 Å².